The molecule has 0 amide bonds. The van der Waals surface area contributed by atoms with Crippen molar-refractivity contribution in [3.63, 3.8) is 0 Å². The van der Waals surface area contributed by atoms with Gasteiger partial charge in [-0.25, -0.2) is 0 Å². The van der Waals surface area contributed by atoms with Gasteiger partial charge in [-0.15, -0.1) is 0 Å². The molecule has 0 N–H and O–H groups in total. The minimum atomic E-state index is 0.965. The van der Waals surface area contributed by atoms with E-state index in [0.29, 0.717) is 0 Å². The largest absolute Gasteiger partial charge is 0.264 e. The monoisotopic (exact) mass is 1220 g/mol. The molecule has 0 radical (unpaired) electrons. The summed E-state index contributed by atoms with van der Waals surface area (Å²) in [5, 5.41) is 12.8. The summed E-state index contributed by atoms with van der Waals surface area (Å²) in [7, 11) is 0. The van der Waals surface area contributed by atoms with Crippen LogP contribution in [0.1, 0.15) is 136 Å². The highest BCUT2D eigenvalue weighted by Gasteiger charge is 2.00. The molecule has 14 aromatic rings. The second-order valence-electron chi connectivity index (χ2n) is 17.6. The standard InChI is InChI=1S/7C9H8N2.7C2H6/c1-7-9-3-4-10-6-8(9)2-5-11-7;1-7-9-6-10-4-2-8(9)3-5-11-7;1-7-4-11-6-8-5-10-3-2-9(7)8;1-7-4-11-5-8-2-3-10-6-9(7)8;1-7-8-3-2-5-11-9(8)4-6-10-7;1-7-9-8(4-6-10-7)3-2-5-11-9;1-7-5-10-6-9-8(7)3-2-4-11-9;7*1-2/h7*2-6H,1H3;7*1-2H3. The predicted octanol–water partition coefficient (Wildman–Crippen LogP) is 20.8. The molecule has 14 rings (SSSR count). The normalized spacial score (nSPS) is 9.15. The van der Waals surface area contributed by atoms with Crippen molar-refractivity contribution >= 4 is 75.8 Å². The summed E-state index contributed by atoms with van der Waals surface area (Å²) in [6.45, 7) is 42.1. The lowest BCUT2D eigenvalue weighted by Gasteiger charge is -1.97. The van der Waals surface area contributed by atoms with Crippen molar-refractivity contribution in [3.05, 3.63) is 255 Å². The Labute approximate surface area is 542 Å². The number of pyridine rings is 14. The second-order valence-corrected chi connectivity index (χ2v) is 17.6. The first-order valence-electron chi connectivity index (χ1n) is 31.7. The van der Waals surface area contributed by atoms with Gasteiger partial charge in [0.2, 0.25) is 0 Å². The molecule has 0 atom stereocenters. The van der Waals surface area contributed by atoms with Crippen LogP contribution >= 0.6 is 0 Å². The zero-order chi connectivity index (χ0) is 67.8. The number of nitrogens with zero attached hydrogens (tertiary/aromatic N) is 14. The van der Waals surface area contributed by atoms with E-state index in [4.69, 9.17) is 0 Å². The highest BCUT2D eigenvalue weighted by atomic mass is 14.7. The molecule has 0 aromatic carbocycles. The van der Waals surface area contributed by atoms with E-state index in [1.54, 1.807) is 68.2 Å². The Balaban J connectivity index is 0.000000514. The van der Waals surface area contributed by atoms with Crippen LogP contribution in [0.4, 0.5) is 0 Å². The van der Waals surface area contributed by atoms with Crippen LogP contribution in [0.3, 0.4) is 0 Å². The molecule has 0 aliphatic carbocycles. The maximum atomic E-state index is 4.22. The van der Waals surface area contributed by atoms with Crippen molar-refractivity contribution in [2.45, 2.75) is 145 Å². The first-order valence-corrected chi connectivity index (χ1v) is 31.7. The van der Waals surface area contributed by atoms with Crippen LogP contribution in [-0.4, -0.2) is 69.8 Å². The van der Waals surface area contributed by atoms with Crippen LogP contribution in [0, 0.1) is 48.5 Å². The number of hydrogen-bond acceptors (Lipinski definition) is 14. The van der Waals surface area contributed by atoms with E-state index in [1.807, 2.05) is 279 Å². The number of aromatic nitrogens is 14. The van der Waals surface area contributed by atoms with E-state index in [9.17, 15) is 0 Å². The molecular weight excluding hydrogens is 1120 g/mol. The molecule has 14 nitrogen and oxygen atoms in total. The average Bonchev–Trinajstić information content (AvgIpc) is 3.66. The Morgan fingerprint density at radius 2 is 0.571 bits per heavy atom. The summed E-state index contributed by atoms with van der Waals surface area (Å²) in [5.41, 5.74) is 10.7. The molecule has 14 heteroatoms. The fourth-order valence-corrected chi connectivity index (χ4v) is 8.07. The second kappa shape index (κ2) is 47.9. The highest BCUT2D eigenvalue weighted by Crippen LogP contribution is 2.18. The van der Waals surface area contributed by atoms with Gasteiger partial charge in [-0.1, -0.05) is 109 Å². The molecular formula is C77H98N14. The Bertz CT molecular complexity index is 3400. The smallest absolute Gasteiger partial charge is 0.0914 e. The van der Waals surface area contributed by atoms with Crippen molar-refractivity contribution in [3.8, 4) is 0 Å². The lowest BCUT2D eigenvalue weighted by atomic mass is 10.1. The van der Waals surface area contributed by atoms with Gasteiger partial charge in [-0.05, 0) is 149 Å². The molecule has 91 heavy (non-hydrogen) atoms. The fourth-order valence-electron chi connectivity index (χ4n) is 8.07. The molecule has 0 saturated carbocycles. The fraction of sp³-hybridized carbons (Fsp3) is 0.273. The molecule has 14 heterocycles. The third-order valence-corrected chi connectivity index (χ3v) is 12.2. The first kappa shape index (κ1) is 78.9. The van der Waals surface area contributed by atoms with Crippen molar-refractivity contribution in [1.29, 1.82) is 0 Å². The van der Waals surface area contributed by atoms with Gasteiger partial charge in [0, 0.05) is 189 Å². The lowest BCUT2D eigenvalue weighted by Crippen LogP contribution is -1.84. The third-order valence-electron chi connectivity index (χ3n) is 12.2. The number of hydrogen-bond donors (Lipinski definition) is 0. The van der Waals surface area contributed by atoms with Crippen molar-refractivity contribution in [2.24, 2.45) is 0 Å². The minimum absolute atomic E-state index is 0.965. The van der Waals surface area contributed by atoms with Crippen LogP contribution < -0.4 is 0 Å². The number of aryl methyl sites for hydroxylation is 7. The van der Waals surface area contributed by atoms with Gasteiger partial charge in [0.1, 0.15) is 0 Å². The Kier molecular flexibility index (Phi) is 41.6. The minimum Gasteiger partial charge on any atom is -0.264 e. The number of fused-ring (bicyclic) bond motifs is 7. The summed E-state index contributed by atoms with van der Waals surface area (Å²) in [5.74, 6) is 0. The van der Waals surface area contributed by atoms with Crippen LogP contribution in [0.15, 0.2) is 215 Å². The van der Waals surface area contributed by atoms with E-state index < -0.39 is 0 Å². The van der Waals surface area contributed by atoms with Gasteiger partial charge in [0.05, 0.1) is 28.4 Å². The summed E-state index contributed by atoms with van der Waals surface area (Å²) in [6.07, 6.45) is 38.2. The Hall–Kier alpha value is -10.1. The predicted molar refractivity (Wildman–Crippen MR) is 389 cm³/mol. The maximum Gasteiger partial charge on any atom is 0.0914 e. The summed E-state index contributed by atoms with van der Waals surface area (Å²) in [6, 6.07) is 27.7. The van der Waals surface area contributed by atoms with E-state index >= 15 is 0 Å². The SMILES string of the molecule is CC.CC.CC.CC.CC.CC.CC.Cc1cncc2ccncc12.Cc1cncc2cnccc12.Cc1cncc2ncccc12.Cc1nccc2cccnc12.Cc1nccc2ccncc12.Cc1nccc2cnccc12.Cc1nccc2ncccc12. The summed E-state index contributed by atoms with van der Waals surface area (Å²) >= 11 is 0. The molecule has 14 aromatic heterocycles. The maximum absolute atomic E-state index is 4.22. The first-order chi connectivity index (χ1) is 44.6. The molecule has 0 aliphatic rings. The van der Waals surface area contributed by atoms with E-state index in [1.165, 1.54) is 43.6 Å². The molecule has 0 spiro atoms. The topological polar surface area (TPSA) is 180 Å². The molecule has 0 unspecified atom stereocenters. The van der Waals surface area contributed by atoms with Crippen LogP contribution in [0.5, 0.6) is 0 Å². The summed E-state index contributed by atoms with van der Waals surface area (Å²) in [4.78, 5) is 57.6. The van der Waals surface area contributed by atoms with Gasteiger partial charge in [0.25, 0.3) is 0 Å². The number of rotatable bonds is 0. The van der Waals surface area contributed by atoms with Gasteiger partial charge in [-0.3, -0.25) is 69.8 Å². The van der Waals surface area contributed by atoms with E-state index in [-0.39, 0.29) is 0 Å². The summed E-state index contributed by atoms with van der Waals surface area (Å²) < 4.78 is 0. The molecule has 0 fully saturated rings. The quantitative estimate of drug-likeness (QED) is 0.140. The third kappa shape index (κ3) is 25.9. The molecule has 476 valence electrons. The van der Waals surface area contributed by atoms with Crippen molar-refractivity contribution in [1.82, 2.24) is 69.8 Å². The van der Waals surface area contributed by atoms with E-state index in [2.05, 4.69) is 82.8 Å². The zero-order valence-electron chi connectivity index (χ0n) is 58.0. The van der Waals surface area contributed by atoms with Gasteiger partial charge < -0.3 is 0 Å². The van der Waals surface area contributed by atoms with Crippen LogP contribution in [-0.2, 0) is 0 Å². The van der Waals surface area contributed by atoms with E-state index in [0.717, 1.165) is 71.6 Å². The Morgan fingerprint density at radius 1 is 0.198 bits per heavy atom. The molecule has 0 aliphatic heterocycles. The molecule has 0 saturated heterocycles. The van der Waals surface area contributed by atoms with Crippen molar-refractivity contribution < 1.29 is 0 Å². The van der Waals surface area contributed by atoms with Gasteiger partial charge in [0.15, 0.2) is 0 Å². The lowest BCUT2D eigenvalue weighted by molar-refractivity contribution is 1.20. The molecule has 0 bridgehead atoms. The zero-order valence-corrected chi connectivity index (χ0v) is 58.0. The Morgan fingerprint density at radius 3 is 1.12 bits per heavy atom. The van der Waals surface area contributed by atoms with Crippen LogP contribution in [0.25, 0.3) is 75.8 Å². The van der Waals surface area contributed by atoms with Crippen LogP contribution in [0.2, 0.25) is 0 Å². The highest BCUT2D eigenvalue weighted by molar-refractivity contribution is 5.86. The van der Waals surface area contributed by atoms with Crippen molar-refractivity contribution in [2.75, 3.05) is 0 Å². The average molecular weight is 1220 g/mol. The van der Waals surface area contributed by atoms with Gasteiger partial charge >= 0.3 is 0 Å². The van der Waals surface area contributed by atoms with Gasteiger partial charge in [-0.2, -0.15) is 0 Å².